The van der Waals surface area contributed by atoms with Crippen LogP contribution < -0.4 is 10.4 Å². The first-order valence-electron chi connectivity index (χ1n) is 8.42. The van der Waals surface area contributed by atoms with E-state index >= 15 is 0 Å². The molecule has 0 bridgehead atoms. The fraction of sp³-hybridized carbons (Fsp3) is 0.611. The molecule has 23 heavy (non-hydrogen) atoms. The molecular weight excluding hydrogens is 287 g/mol. The maximum absolute atomic E-state index is 8.99. The highest BCUT2D eigenvalue weighted by Gasteiger charge is 2.51. The summed E-state index contributed by atoms with van der Waals surface area (Å²) in [5.74, 6) is 0.218. The van der Waals surface area contributed by atoms with Crippen LogP contribution in [0.25, 0.3) is 0 Å². The molecule has 0 unspecified atom stereocenters. The predicted molar refractivity (Wildman–Crippen MR) is 92.7 cm³/mol. The van der Waals surface area contributed by atoms with Crippen LogP contribution in [0.1, 0.15) is 40.5 Å². The van der Waals surface area contributed by atoms with Gasteiger partial charge >= 0.3 is 7.12 Å². The Morgan fingerprint density at radius 2 is 1.57 bits per heavy atom. The third-order valence-corrected chi connectivity index (χ3v) is 5.46. The van der Waals surface area contributed by atoms with Gasteiger partial charge < -0.3 is 14.2 Å². The summed E-state index contributed by atoms with van der Waals surface area (Å²) in [6, 6.07) is 10.8. The molecule has 2 saturated heterocycles. The first-order chi connectivity index (χ1) is 10.8. The number of anilines is 1. The van der Waals surface area contributed by atoms with Crippen LogP contribution in [0, 0.1) is 17.2 Å². The van der Waals surface area contributed by atoms with E-state index < -0.39 is 0 Å². The van der Waals surface area contributed by atoms with E-state index in [2.05, 4.69) is 62.9 Å². The van der Waals surface area contributed by atoms with Gasteiger partial charge in [-0.3, -0.25) is 0 Å². The van der Waals surface area contributed by atoms with Crippen molar-refractivity contribution in [3.05, 3.63) is 24.3 Å². The van der Waals surface area contributed by atoms with Crippen LogP contribution in [0.15, 0.2) is 24.3 Å². The van der Waals surface area contributed by atoms with Gasteiger partial charge in [0.15, 0.2) is 0 Å². The van der Waals surface area contributed by atoms with Crippen molar-refractivity contribution in [2.45, 2.75) is 51.7 Å². The minimum atomic E-state index is -0.310. The van der Waals surface area contributed by atoms with Gasteiger partial charge in [0.25, 0.3) is 0 Å². The quantitative estimate of drug-likeness (QED) is 0.788. The first-order valence-corrected chi connectivity index (χ1v) is 8.42. The molecule has 4 nitrogen and oxygen atoms in total. The topological polar surface area (TPSA) is 45.5 Å². The second kappa shape index (κ2) is 5.85. The lowest BCUT2D eigenvalue weighted by Gasteiger charge is -2.32. The Labute approximate surface area is 139 Å². The SMILES string of the molecule is CC1(C)OB(c2ccc(N3CCC(C#N)CC3)cc2)OC1(C)C. The molecular formula is C18H25BN2O2. The zero-order chi connectivity index (χ0) is 16.7. The summed E-state index contributed by atoms with van der Waals surface area (Å²) in [5, 5.41) is 8.99. The molecule has 2 heterocycles. The van der Waals surface area contributed by atoms with Gasteiger partial charge in [-0.05, 0) is 58.1 Å². The van der Waals surface area contributed by atoms with Gasteiger partial charge in [-0.25, -0.2) is 0 Å². The third-order valence-electron chi connectivity index (χ3n) is 5.46. The number of benzene rings is 1. The van der Waals surface area contributed by atoms with Crippen LogP contribution in [0.3, 0.4) is 0 Å². The van der Waals surface area contributed by atoms with E-state index in [9.17, 15) is 0 Å². The van der Waals surface area contributed by atoms with Gasteiger partial charge in [0.1, 0.15) is 0 Å². The lowest BCUT2D eigenvalue weighted by molar-refractivity contribution is 0.00578. The number of nitriles is 1. The zero-order valence-corrected chi connectivity index (χ0v) is 14.5. The number of rotatable bonds is 2. The summed E-state index contributed by atoms with van der Waals surface area (Å²) in [7, 11) is -0.307. The van der Waals surface area contributed by atoms with Crippen LogP contribution in [0.2, 0.25) is 0 Å². The van der Waals surface area contributed by atoms with E-state index in [-0.39, 0.29) is 24.2 Å². The molecule has 0 amide bonds. The highest BCUT2D eigenvalue weighted by atomic mass is 16.7. The Balaban J connectivity index is 1.68. The van der Waals surface area contributed by atoms with Crippen molar-refractivity contribution in [3.63, 3.8) is 0 Å². The summed E-state index contributed by atoms with van der Waals surface area (Å²) < 4.78 is 12.2. The minimum Gasteiger partial charge on any atom is -0.399 e. The van der Waals surface area contributed by atoms with Gasteiger partial charge in [0, 0.05) is 24.7 Å². The average Bonchev–Trinajstić information content (AvgIpc) is 2.76. The van der Waals surface area contributed by atoms with Gasteiger partial charge in [0.2, 0.25) is 0 Å². The van der Waals surface area contributed by atoms with Crippen LogP contribution >= 0.6 is 0 Å². The molecule has 0 spiro atoms. The Morgan fingerprint density at radius 1 is 1.04 bits per heavy atom. The molecule has 2 fully saturated rings. The largest absolute Gasteiger partial charge is 0.494 e. The van der Waals surface area contributed by atoms with E-state index in [0.717, 1.165) is 31.4 Å². The Bertz CT molecular complexity index is 582. The molecule has 5 heteroatoms. The van der Waals surface area contributed by atoms with Crippen LogP contribution in [-0.4, -0.2) is 31.4 Å². The molecule has 0 aromatic heterocycles. The van der Waals surface area contributed by atoms with Gasteiger partial charge in [-0.15, -0.1) is 0 Å². The van der Waals surface area contributed by atoms with Gasteiger partial charge in [-0.2, -0.15) is 5.26 Å². The van der Waals surface area contributed by atoms with Crippen molar-refractivity contribution in [2.24, 2.45) is 5.92 Å². The van der Waals surface area contributed by atoms with E-state index in [1.807, 2.05) is 0 Å². The maximum Gasteiger partial charge on any atom is 0.494 e. The summed E-state index contributed by atoms with van der Waals surface area (Å²) in [6.07, 6.45) is 1.91. The van der Waals surface area contributed by atoms with Crippen molar-refractivity contribution in [3.8, 4) is 6.07 Å². The highest BCUT2D eigenvalue weighted by molar-refractivity contribution is 6.62. The predicted octanol–water partition coefficient (Wildman–Crippen LogP) is 2.73. The number of nitrogens with zero attached hydrogens (tertiary/aromatic N) is 2. The second-order valence-corrected chi connectivity index (χ2v) is 7.57. The molecule has 2 aliphatic rings. The Kier molecular flexibility index (Phi) is 4.16. The van der Waals surface area contributed by atoms with Crippen molar-refractivity contribution >= 4 is 18.3 Å². The van der Waals surface area contributed by atoms with Crippen LogP contribution in [-0.2, 0) is 9.31 Å². The highest BCUT2D eigenvalue weighted by Crippen LogP contribution is 2.36. The lowest BCUT2D eigenvalue weighted by Crippen LogP contribution is -2.41. The molecule has 0 atom stereocenters. The molecule has 2 aliphatic heterocycles. The molecule has 1 aromatic carbocycles. The molecule has 0 N–H and O–H groups in total. The van der Waals surface area contributed by atoms with Crippen molar-refractivity contribution in [1.29, 1.82) is 5.26 Å². The van der Waals surface area contributed by atoms with E-state index in [0.29, 0.717) is 0 Å². The number of hydrogen-bond donors (Lipinski definition) is 0. The molecule has 3 rings (SSSR count). The van der Waals surface area contributed by atoms with E-state index in [1.165, 1.54) is 5.69 Å². The fourth-order valence-electron chi connectivity index (χ4n) is 3.09. The van der Waals surface area contributed by atoms with E-state index in [4.69, 9.17) is 14.6 Å². The van der Waals surface area contributed by atoms with Crippen molar-refractivity contribution in [2.75, 3.05) is 18.0 Å². The second-order valence-electron chi connectivity index (χ2n) is 7.57. The van der Waals surface area contributed by atoms with Gasteiger partial charge in [-0.1, -0.05) is 12.1 Å². The smallest absolute Gasteiger partial charge is 0.399 e. The monoisotopic (exact) mass is 312 g/mol. The lowest BCUT2D eigenvalue weighted by atomic mass is 9.79. The zero-order valence-electron chi connectivity index (χ0n) is 14.5. The summed E-state index contributed by atoms with van der Waals surface area (Å²) in [6.45, 7) is 10.2. The first kappa shape index (κ1) is 16.4. The average molecular weight is 312 g/mol. The van der Waals surface area contributed by atoms with Crippen molar-refractivity contribution in [1.82, 2.24) is 0 Å². The molecule has 122 valence electrons. The van der Waals surface area contributed by atoms with Crippen molar-refractivity contribution < 1.29 is 9.31 Å². The summed E-state index contributed by atoms with van der Waals surface area (Å²) in [5.41, 5.74) is 1.64. The van der Waals surface area contributed by atoms with Crippen LogP contribution in [0.4, 0.5) is 5.69 Å². The molecule has 0 saturated carbocycles. The molecule has 0 radical (unpaired) electrons. The summed E-state index contributed by atoms with van der Waals surface area (Å²) >= 11 is 0. The van der Waals surface area contributed by atoms with Crippen LogP contribution in [0.5, 0.6) is 0 Å². The third kappa shape index (κ3) is 3.11. The normalized spacial score (nSPS) is 23.8. The Hall–Kier alpha value is -1.51. The molecule has 0 aliphatic carbocycles. The van der Waals surface area contributed by atoms with E-state index in [1.54, 1.807) is 0 Å². The number of hydrogen-bond acceptors (Lipinski definition) is 4. The maximum atomic E-state index is 8.99. The molecule has 1 aromatic rings. The minimum absolute atomic E-state index is 0.218. The fourth-order valence-corrected chi connectivity index (χ4v) is 3.09. The van der Waals surface area contributed by atoms with Gasteiger partial charge in [0.05, 0.1) is 17.3 Å². The summed E-state index contributed by atoms with van der Waals surface area (Å²) in [4.78, 5) is 2.35. The Morgan fingerprint density at radius 3 is 2.04 bits per heavy atom. The standard InChI is InChI=1S/C18H25BN2O2/c1-17(2)18(3,4)23-19(22-17)15-5-7-16(8-6-15)21-11-9-14(13-20)10-12-21/h5-8,14H,9-12H2,1-4H3. The number of piperidine rings is 1.